The van der Waals surface area contributed by atoms with Crippen molar-refractivity contribution in [2.45, 2.75) is 13.8 Å². The summed E-state index contributed by atoms with van der Waals surface area (Å²) in [7, 11) is 1.50. The molecule has 0 saturated carbocycles. The molecule has 0 spiro atoms. The van der Waals surface area contributed by atoms with E-state index in [9.17, 15) is 14.4 Å². The highest BCUT2D eigenvalue weighted by atomic mass is 16.5. The first-order valence-corrected chi connectivity index (χ1v) is 11.3. The highest BCUT2D eigenvalue weighted by molar-refractivity contribution is 6.39. The van der Waals surface area contributed by atoms with Gasteiger partial charge in [-0.25, -0.2) is 9.69 Å². The number of benzene rings is 3. The minimum Gasteiger partial charge on any atom is -0.493 e. The summed E-state index contributed by atoms with van der Waals surface area (Å²) in [6, 6.07) is 18.8. The van der Waals surface area contributed by atoms with Crippen molar-refractivity contribution in [3.8, 4) is 17.2 Å². The molecule has 1 saturated heterocycles. The van der Waals surface area contributed by atoms with Crippen molar-refractivity contribution in [3.63, 3.8) is 0 Å². The van der Waals surface area contributed by atoms with Gasteiger partial charge in [-0.3, -0.25) is 14.9 Å². The van der Waals surface area contributed by atoms with Crippen molar-refractivity contribution in [3.05, 3.63) is 89.0 Å². The molecule has 36 heavy (non-hydrogen) atoms. The second-order valence-corrected chi connectivity index (χ2v) is 8.21. The van der Waals surface area contributed by atoms with Crippen LogP contribution in [0.1, 0.15) is 16.7 Å². The molecule has 8 heteroatoms. The van der Waals surface area contributed by atoms with Crippen molar-refractivity contribution >= 4 is 29.6 Å². The van der Waals surface area contributed by atoms with Crippen LogP contribution in [0.4, 0.5) is 10.5 Å². The Morgan fingerprint density at radius 3 is 2.11 bits per heavy atom. The summed E-state index contributed by atoms with van der Waals surface area (Å²) in [6.45, 7) is 4.54. The first-order chi connectivity index (χ1) is 17.4. The Morgan fingerprint density at radius 2 is 1.44 bits per heavy atom. The number of barbiturate groups is 1. The van der Waals surface area contributed by atoms with E-state index in [-0.39, 0.29) is 5.57 Å². The van der Waals surface area contributed by atoms with Crippen molar-refractivity contribution < 1.29 is 28.6 Å². The van der Waals surface area contributed by atoms with E-state index in [2.05, 4.69) is 5.32 Å². The smallest absolute Gasteiger partial charge is 0.335 e. The lowest BCUT2D eigenvalue weighted by Crippen LogP contribution is -2.54. The lowest BCUT2D eigenvalue weighted by atomic mass is 10.1. The second kappa shape index (κ2) is 10.8. The average molecular weight is 487 g/mol. The molecule has 1 aliphatic rings. The third-order valence-corrected chi connectivity index (χ3v) is 5.52. The van der Waals surface area contributed by atoms with Gasteiger partial charge in [-0.15, -0.1) is 0 Å². The summed E-state index contributed by atoms with van der Waals surface area (Å²) >= 11 is 0. The Kier molecular flexibility index (Phi) is 7.34. The van der Waals surface area contributed by atoms with Gasteiger partial charge in [0.05, 0.1) is 12.8 Å². The van der Waals surface area contributed by atoms with Gasteiger partial charge in [-0.1, -0.05) is 41.5 Å². The van der Waals surface area contributed by atoms with E-state index in [1.807, 2.05) is 38.1 Å². The van der Waals surface area contributed by atoms with Crippen LogP contribution in [-0.2, 0) is 9.59 Å². The molecule has 1 fully saturated rings. The van der Waals surface area contributed by atoms with E-state index in [0.29, 0.717) is 36.0 Å². The van der Waals surface area contributed by atoms with Crippen LogP contribution in [0.5, 0.6) is 17.2 Å². The number of carbonyl (C=O) groups excluding carboxylic acids is 3. The maximum atomic E-state index is 13.1. The van der Waals surface area contributed by atoms with Gasteiger partial charge in [0.25, 0.3) is 11.8 Å². The van der Waals surface area contributed by atoms with E-state index in [1.165, 1.54) is 13.2 Å². The summed E-state index contributed by atoms with van der Waals surface area (Å²) < 4.78 is 16.9. The molecule has 3 aromatic rings. The molecule has 4 amide bonds. The first-order valence-electron chi connectivity index (χ1n) is 11.3. The fraction of sp³-hybridized carbons (Fsp3) is 0.179. The minimum absolute atomic E-state index is 0.169. The van der Waals surface area contributed by atoms with Gasteiger partial charge in [0.2, 0.25) is 0 Å². The molecule has 8 nitrogen and oxygen atoms in total. The maximum absolute atomic E-state index is 13.1. The molecule has 0 atom stereocenters. The highest BCUT2D eigenvalue weighted by Gasteiger charge is 2.36. The number of aryl methyl sites for hydroxylation is 2. The van der Waals surface area contributed by atoms with Gasteiger partial charge < -0.3 is 14.2 Å². The summed E-state index contributed by atoms with van der Waals surface area (Å²) in [5.74, 6) is 0.200. The number of hydrogen-bond donors (Lipinski definition) is 1. The minimum atomic E-state index is -0.791. The number of imide groups is 2. The molecule has 1 N–H and O–H groups in total. The zero-order valence-electron chi connectivity index (χ0n) is 20.2. The summed E-state index contributed by atoms with van der Waals surface area (Å²) in [5, 5.41) is 2.22. The van der Waals surface area contributed by atoms with E-state index >= 15 is 0 Å². The zero-order chi connectivity index (χ0) is 25.7. The Hall–Kier alpha value is -4.59. The van der Waals surface area contributed by atoms with Crippen LogP contribution in [0.25, 0.3) is 6.08 Å². The molecule has 1 heterocycles. The standard InChI is InChI=1S/C28H26N2O6/c1-18-4-9-21(10-5-18)30-27(32)23(26(31)29-28(30)33)16-20-8-13-24(25(17-20)34-3)36-15-14-35-22-11-6-19(2)7-12-22/h4-13,16-17H,14-15H2,1-3H3,(H,29,31,33)/b23-16-. The number of anilines is 1. The second-order valence-electron chi connectivity index (χ2n) is 8.21. The van der Waals surface area contributed by atoms with Crippen molar-refractivity contribution in [2.75, 3.05) is 25.2 Å². The number of urea groups is 1. The largest absolute Gasteiger partial charge is 0.493 e. The first kappa shape index (κ1) is 24.5. The van der Waals surface area contributed by atoms with E-state index in [4.69, 9.17) is 14.2 Å². The fourth-order valence-electron chi connectivity index (χ4n) is 3.59. The maximum Gasteiger partial charge on any atom is 0.335 e. The highest BCUT2D eigenvalue weighted by Crippen LogP contribution is 2.30. The quantitative estimate of drug-likeness (QED) is 0.288. The van der Waals surface area contributed by atoms with E-state index in [0.717, 1.165) is 21.8 Å². The molecule has 0 radical (unpaired) electrons. The molecule has 4 rings (SSSR count). The Labute approximate surface area is 209 Å². The predicted molar refractivity (Wildman–Crippen MR) is 135 cm³/mol. The van der Waals surface area contributed by atoms with Gasteiger partial charge in [0, 0.05) is 0 Å². The topological polar surface area (TPSA) is 94.2 Å². The SMILES string of the molecule is COc1cc(/C=C2/C(=O)NC(=O)N(c3ccc(C)cc3)C2=O)ccc1OCCOc1ccc(C)cc1. The van der Waals surface area contributed by atoms with Gasteiger partial charge in [0.15, 0.2) is 11.5 Å². The summed E-state index contributed by atoms with van der Waals surface area (Å²) in [6.07, 6.45) is 1.41. The Bertz CT molecular complexity index is 1310. The van der Waals surface area contributed by atoms with Crippen LogP contribution in [0.2, 0.25) is 0 Å². The molecule has 184 valence electrons. The zero-order valence-corrected chi connectivity index (χ0v) is 20.2. The van der Waals surface area contributed by atoms with Crippen LogP contribution in [0, 0.1) is 13.8 Å². The molecule has 3 aromatic carbocycles. The monoisotopic (exact) mass is 486 g/mol. The molecule has 0 aliphatic carbocycles. The van der Waals surface area contributed by atoms with Gasteiger partial charge in [-0.05, 0) is 61.9 Å². The van der Waals surface area contributed by atoms with Crippen LogP contribution >= 0.6 is 0 Å². The van der Waals surface area contributed by atoms with Crippen molar-refractivity contribution in [1.29, 1.82) is 0 Å². The van der Waals surface area contributed by atoms with Crippen LogP contribution in [0.15, 0.2) is 72.3 Å². The number of amides is 4. The van der Waals surface area contributed by atoms with Crippen LogP contribution in [-0.4, -0.2) is 38.2 Å². The number of methoxy groups -OCH3 is 1. The molecule has 0 aromatic heterocycles. The lowest BCUT2D eigenvalue weighted by molar-refractivity contribution is -0.122. The third kappa shape index (κ3) is 5.55. The number of rotatable bonds is 8. The Balaban J connectivity index is 1.47. The number of hydrogen-bond acceptors (Lipinski definition) is 6. The number of nitrogens with zero attached hydrogens (tertiary/aromatic N) is 1. The molecular formula is C28H26N2O6. The normalized spacial score (nSPS) is 14.6. The van der Waals surface area contributed by atoms with Crippen molar-refractivity contribution in [1.82, 2.24) is 5.32 Å². The molecular weight excluding hydrogens is 460 g/mol. The predicted octanol–water partition coefficient (Wildman–Crippen LogP) is 4.44. The van der Waals surface area contributed by atoms with Crippen LogP contribution < -0.4 is 24.4 Å². The average Bonchev–Trinajstić information content (AvgIpc) is 2.87. The van der Waals surface area contributed by atoms with Crippen LogP contribution in [0.3, 0.4) is 0 Å². The summed E-state index contributed by atoms with van der Waals surface area (Å²) in [5.41, 5.74) is 2.87. The van der Waals surface area contributed by atoms with E-state index in [1.54, 1.807) is 42.5 Å². The molecule has 1 aliphatic heterocycles. The number of carbonyl (C=O) groups is 3. The van der Waals surface area contributed by atoms with Gasteiger partial charge in [-0.2, -0.15) is 0 Å². The fourth-order valence-corrected chi connectivity index (χ4v) is 3.59. The third-order valence-electron chi connectivity index (χ3n) is 5.52. The molecule has 0 unspecified atom stereocenters. The number of nitrogens with one attached hydrogen (secondary N) is 1. The van der Waals surface area contributed by atoms with Crippen molar-refractivity contribution in [2.24, 2.45) is 0 Å². The summed E-state index contributed by atoms with van der Waals surface area (Å²) in [4.78, 5) is 38.9. The molecule has 0 bridgehead atoms. The van der Waals surface area contributed by atoms with Gasteiger partial charge >= 0.3 is 6.03 Å². The number of ether oxygens (including phenoxy) is 3. The Morgan fingerprint density at radius 1 is 0.806 bits per heavy atom. The van der Waals surface area contributed by atoms with Gasteiger partial charge in [0.1, 0.15) is 24.5 Å². The lowest BCUT2D eigenvalue weighted by Gasteiger charge is -2.26. The van der Waals surface area contributed by atoms with E-state index < -0.39 is 17.8 Å².